The topological polar surface area (TPSA) is 29.1 Å². The van der Waals surface area contributed by atoms with Crippen LogP contribution in [-0.4, -0.2) is 16.9 Å². The molecule has 0 radical (unpaired) electrons. The Bertz CT molecular complexity index is 285. The van der Waals surface area contributed by atoms with E-state index in [1.54, 1.807) is 0 Å². The summed E-state index contributed by atoms with van der Waals surface area (Å²) in [4.78, 5) is 12.4. The van der Waals surface area contributed by atoms with E-state index >= 15 is 0 Å². The van der Waals surface area contributed by atoms with Gasteiger partial charge in [0.15, 0.2) is 0 Å². The van der Waals surface area contributed by atoms with Crippen LogP contribution in [0, 0.1) is 0 Å². The molecule has 2 nitrogen and oxygen atoms in total. The summed E-state index contributed by atoms with van der Waals surface area (Å²) in [7, 11) is 0. The summed E-state index contributed by atoms with van der Waals surface area (Å²) in [5.41, 5.74) is 1.15. The first kappa shape index (κ1) is 11.0. The van der Waals surface area contributed by atoms with E-state index in [4.69, 9.17) is 0 Å². The van der Waals surface area contributed by atoms with E-state index in [0.717, 1.165) is 27.8 Å². The number of carbonyl (C=O) groups is 1. The number of thiophene rings is 1. The highest BCUT2D eigenvalue weighted by Crippen LogP contribution is 2.16. The number of alkyl halides is 1. The number of amides is 1. The Hall–Kier alpha value is -0.100. The van der Waals surface area contributed by atoms with Gasteiger partial charge in [0, 0.05) is 11.0 Å². The first-order valence-electron chi connectivity index (χ1n) is 4.20. The van der Waals surface area contributed by atoms with Crippen molar-refractivity contribution in [1.82, 2.24) is 5.32 Å². The zero-order valence-electron chi connectivity index (χ0n) is 7.47. The molecule has 1 heterocycles. The van der Waals surface area contributed by atoms with Crippen LogP contribution in [0.15, 0.2) is 11.4 Å². The van der Waals surface area contributed by atoms with E-state index in [1.807, 2.05) is 11.4 Å². The molecule has 1 aromatic rings. The van der Waals surface area contributed by atoms with Crippen LogP contribution in [0.2, 0.25) is 0 Å². The van der Waals surface area contributed by atoms with Crippen LogP contribution in [0.4, 0.5) is 0 Å². The lowest BCUT2D eigenvalue weighted by Gasteiger charge is -2.02. The molecule has 1 rings (SSSR count). The lowest BCUT2D eigenvalue weighted by Crippen LogP contribution is -2.25. The van der Waals surface area contributed by atoms with Gasteiger partial charge in [0.2, 0.25) is 0 Å². The number of hydrogen-bond donors (Lipinski definition) is 1. The third kappa shape index (κ3) is 2.95. The molecule has 0 unspecified atom stereocenters. The molecule has 0 spiro atoms. The van der Waals surface area contributed by atoms with Gasteiger partial charge in [-0.3, -0.25) is 4.79 Å². The fourth-order valence-electron chi connectivity index (χ4n) is 1.05. The Labute approximate surface area is 95.9 Å². The Balaban J connectivity index is 2.65. The number of aryl methyl sites for hydroxylation is 1. The van der Waals surface area contributed by atoms with Crippen molar-refractivity contribution in [2.75, 3.05) is 11.0 Å². The molecular weight excluding hydrogens is 297 g/mol. The molecule has 13 heavy (non-hydrogen) atoms. The molecular formula is C9H12INOS. The van der Waals surface area contributed by atoms with Gasteiger partial charge >= 0.3 is 0 Å². The molecule has 0 aromatic carbocycles. The van der Waals surface area contributed by atoms with E-state index in [-0.39, 0.29) is 5.91 Å². The predicted octanol–water partition coefficient (Wildman–Crippen LogP) is 2.48. The van der Waals surface area contributed by atoms with Gasteiger partial charge < -0.3 is 5.32 Å². The van der Waals surface area contributed by atoms with Gasteiger partial charge in [-0.1, -0.05) is 29.5 Å². The molecule has 1 aromatic heterocycles. The molecule has 1 amide bonds. The molecule has 0 aliphatic heterocycles. The smallest absolute Gasteiger partial charge is 0.261 e. The summed E-state index contributed by atoms with van der Waals surface area (Å²) in [6.45, 7) is 2.82. The van der Waals surface area contributed by atoms with Crippen LogP contribution in [0.25, 0.3) is 0 Å². The van der Waals surface area contributed by atoms with Crippen molar-refractivity contribution < 1.29 is 4.79 Å². The lowest BCUT2D eigenvalue weighted by atomic mass is 10.2. The lowest BCUT2D eigenvalue weighted by molar-refractivity contribution is 0.0959. The normalized spacial score (nSPS) is 10.0. The minimum atomic E-state index is 0.0727. The van der Waals surface area contributed by atoms with Gasteiger partial charge in [0.1, 0.15) is 0 Å². The SMILES string of the molecule is CCc1ccsc1C(=O)NCCI. The third-order valence-corrected chi connectivity index (χ3v) is 3.21. The largest absolute Gasteiger partial charge is 0.351 e. The standard InChI is InChI=1S/C9H12INOS/c1-2-7-3-6-13-8(7)9(12)11-5-4-10/h3,6H,2,4-5H2,1H3,(H,11,12). The summed E-state index contributed by atoms with van der Waals surface area (Å²) in [5.74, 6) is 0.0727. The Kier molecular flexibility index (Phi) is 4.72. The van der Waals surface area contributed by atoms with Crippen molar-refractivity contribution >= 4 is 39.8 Å². The quantitative estimate of drug-likeness (QED) is 0.672. The average molecular weight is 309 g/mol. The van der Waals surface area contributed by atoms with Crippen molar-refractivity contribution in [2.24, 2.45) is 0 Å². The molecule has 72 valence electrons. The summed E-state index contributed by atoms with van der Waals surface area (Å²) in [5, 5.41) is 4.84. The first-order chi connectivity index (χ1) is 6.29. The van der Waals surface area contributed by atoms with E-state index in [9.17, 15) is 4.79 Å². The van der Waals surface area contributed by atoms with Gasteiger partial charge in [-0.25, -0.2) is 0 Å². The van der Waals surface area contributed by atoms with Crippen LogP contribution in [0.5, 0.6) is 0 Å². The highest BCUT2D eigenvalue weighted by Gasteiger charge is 2.10. The van der Waals surface area contributed by atoms with Crippen molar-refractivity contribution in [1.29, 1.82) is 0 Å². The zero-order chi connectivity index (χ0) is 9.68. The minimum absolute atomic E-state index is 0.0727. The van der Waals surface area contributed by atoms with E-state index in [1.165, 1.54) is 11.3 Å². The molecule has 0 saturated carbocycles. The summed E-state index contributed by atoms with van der Waals surface area (Å²) < 4.78 is 0.955. The maximum Gasteiger partial charge on any atom is 0.261 e. The second-order valence-electron chi connectivity index (χ2n) is 2.57. The van der Waals surface area contributed by atoms with E-state index in [0.29, 0.717) is 0 Å². The Morgan fingerprint density at radius 3 is 3.08 bits per heavy atom. The number of carbonyl (C=O) groups excluding carboxylic acids is 1. The summed E-state index contributed by atoms with van der Waals surface area (Å²) in [6.07, 6.45) is 0.927. The van der Waals surface area contributed by atoms with E-state index < -0.39 is 0 Å². The fourth-order valence-corrected chi connectivity index (χ4v) is 2.24. The number of nitrogens with one attached hydrogen (secondary N) is 1. The van der Waals surface area contributed by atoms with Crippen LogP contribution >= 0.6 is 33.9 Å². The molecule has 0 bridgehead atoms. The molecule has 0 aliphatic rings. The van der Waals surface area contributed by atoms with Gasteiger partial charge in [-0.15, -0.1) is 11.3 Å². The molecule has 0 fully saturated rings. The number of hydrogen-bond acceptors (Lipinski definition) is 2. The first-order valence-corrected chi connectivity index (χ1v) is 6.60. The van der Waals surface area contributed by atoms with Gasteiger partial charge in [0.25, 0.3) is 5.91 Å². The van der Waals surface area contributed by atoms with Gasteiger partial charge in [-0.2, -0.15) is 0 Å². The zero-order valence-corrected chi connectivity index (χ0v) is 10.4. The maximum atomic E-state index is 11.5. The predicted molar refractivity (Wildman–Crippen MR) is 64.9 cm³/mol. The van der Waals surface area contributed by atoms with Crippen molar-refractivity contribution in [3.8, 4) is 0 Å². The minimum Gasteiger partial charge on any atom is -0.351 e. The van der Waals surface area contributed by atoms with Crippen LogP contribution in [-0.2, 0) is 6.42 Å². The average Bonchev–Trinajstić information content (AvgIpc) is 2.61. The maximum absolute atomic E-state index is 11.5. The van der Waals surface area contributed by atoms with Crippen LogP contribution < -0.4 is 5.32 Å². The number of halogens is 1. The van der Waals surface area contributed by atoms with Crippen molar-refractivity contribution in [2.45, 2.75) is 13.3 Å². The molecule has 0 atom stereocenters. The Morgan fingerprint density at radius 2 is 2.46 bits per heavy atom. The molecule has 0 aliphatic carbocycles. The van der Waals surface area contributed by atoms with Gasteiger partial charge in [0.05, 0.1) is 4.88 Å². The molecule has 1 N–H and O–H groups in total. The number of rotatable bonds is 4. The van der Waals surface area contributed by atoms with Gasteiger partial charge in [-0.05, 0) is 23.4 Å². The van der Waals surface area contributed by atoms with Crippen molar-refractivity contribution in [3.05, 3.63) is 21.9 Å². The van der Waals surface area contributed by atoms with E-state index in [2.05, 4.69) is 34.8 Å². The highest BCUT2D eigenvalue weighted by molar-refractivity contribution is 14.1. The summed E-state index contributed by atoms with van der Waals surface area (Å²) >= 11 is 3.76. The Morgan fingerprint density at radius 1 is 1.69 bits per heavy atom. The summed E-state index contributed by atoms with van der Waals surface area (Å²) in [6, 6.07) is 2.02. The molecule has 4 heteroatoms. The van der Waals surface area contributed by atoms with Crippen LogP contribution in [0.3, 0.4) is 0 Å². The third-order valence-electron chi connectivity index (χ3n) is 1.71. The second-order valence-corrected chi connectivity index (χ2v) is 4.57. The second kappa shape index (κ2) is 5.59. The fraction of sp³-hybridized carbons (Fsp3) is 0.444. The highest BCUT2D eigenvalue weighted by atomic mass is 127. The molecule has 0 saturated heterocycles. The van der Waals surface area contributed by atoms with Crippen molar-refractivity contribution in [3.63, 3.8) is 0 Å². The monoisotopic (exact) mass is 309 g/mol. The van der Waals surface area contributed by atoms with Crippen LogP contribution in [0.1, 0.15) is 22.2 Å².